The van der Waals surface area contributed by atoms with Crippen LogP contribution in [0.25, 0.3) is 0 Å². The van der Waals surface area contributed by atoms with Crippen LogP contribution in [0.5, 0.6) is 0 Å². The monoisotopic (exact) mass is 704 g/mol. The minimum atomic E-state index is -3.82. The van der Waals surface area contributed by atoms with Gasteiger partial charge in [-0.05, 0) is 38.1 Å². The van der Waals surface area contributed by atoms with Crippen molar-refractivity contribution in [2.75, 3.05) is 26.4 Å². The van der Waals surface area contributed by atoms with E-state index in [1.54, 1.807) is 24.3 Å². The largest absolute Gasteiger partial charge is 0.388 e. The van der Waals surface area contributed by atoms with Gasteiger partial charge in [0.15, 0.2) is 12.6 Å². The molecule has 10 nitrogen and oxygen atoms in total. The highest BCUT2D eigenvalue weighted by atomic mass is 35.7. The summed E-state index contributed by atoms with van der Waals surface area (Å²) in [6.07, 6.45) is -1.94. The van der Waals surface area contributed by atoms with Crippen molar-refractivity contribution in [3.05, 3.63) is 131 Å². The third-order valence-electron chi connectivity index (χ3n) is 6.77. The number of benzene rings is 4. The van der Waals surface area contributed by atoms with Crippen molar-refractivity contribution < 1.29 is 45.1 Å². The minimum Gasteiger partial charge on any atom is -0.388 e. The number of aryl methyl sites for hydroxylation is 2. The van der Waals surface area contributed by atoms with Crippen LogP contribution < -0.4 is 0 Å². The zero-order valence-electron chi connectivity index (χ0n) is 25.8. The van der Waals surface area contributed by atoms with Gasteiger partial charge in [-0.15, -0.1) is 0 Å². The standard InChI is InChI=1S/C17H18O5S.C10H12O3.C7H7ClO2S/c1-13-7-9-16(10-8-13)23(18,19)22-15-11-20-17(21-12-15)14-5-3-2-4-6-14;11-9-6-12-10(13-7-9)8-4-2-1-3-5-8;1-6-2-4-7(5-3-6)11(8,9)10/h2-10,15,17H,11-12H2,1H3;1-5,9-11H,6-7H2;2-5H,1H3. The maximum Gasteiger partial charge on any atom is 0.297 e. The summed E-state index contributed by atoms with van der Waals surface area (Å²) >= 11 is 0. The van der Waals surface area contributed by atoms with Crippen molar-refractivity contribution in [3.8, 4) is 0 Å². The third kappa shape index (κ3) is 11.8. The Labute approximate surface area is 280 Å². The van der Waals surface area contributed by atoms with Crippen molar-refractivity contribution in [2.24, 2.45) is 0 Å². The predicted molar refractivity (Wildman–Crippen MR) is 176 cm³/mol. The molecule has 2 saturated heterocycles. The minimum absolute atomic E-state index is 0.133. The molecule has 252 valence electrons. The molecular weight excluding hydrogens is 668 g/mol. The molecule has 0 radical (unpaired) electrons. The van der Waals surface area contributed by atoms with E-state index >= 15 is 0 Å². The maximum atomic E-state index is 12.2. The maximum absolute atomic E-state index is 12.2. The lowest BCUT2D eigenvalue weighted by Crippen LogP contribution is -2.35. The molecule has 0 saturated carbocycles. The van der Waals surface area contributed by atoms with Crippen LogP contribution >= 0.6 is 10.7 Å². The fourth-order valence-electron chi connectivity index (χ4n) is 4.28. The molecule has 0 spiro atoms. The molecule has 0 bridgehead atoms. The molecule has 1 N–H and O–H groups in total. The van der Waals surface area contributed by atoms with Crippen molar-refractivity contribution in [1.29, 1.82) is 0 Å². The average molecular weight is 705 g/mol. The molecule has 2 heterocycles. The van der Waals surface area contributed by atoms with Gasteiger partial charge in [0.05, 0.1) is 36.2 Å². The molecule has 2 aliphatic heterocycles. The van der Waals surface area contributed by atoms with E-state index < -0.39 is 37.7 Å². The molecule has 47 heavy (non-hydrogen) atoms. The quantitative estimate of drug-likeness (QED) is 0.193. The summed E-state index contributed by atoms with van der Waals surface area (Å²) in [6.45, 7) is 4.78. The summed E-state index contributed by atoms with van der Waals surface area (Å²) in [5, 5.41) is 9.12. The average Bonchev–Trinajstić information content (AvgIpc) is 3.07. The summed E-state index contributed by atoms with van der Waals surface area (Å²) in [6, 6.07) is 32.1. The highest BCUT2D eigenvalue weighted by molar-refractivity contribution is 8.13. The van der Waals surface area contributed by atoms with Crippen LogP contribution in [0.3, 0.4) is 0 Å². The van der Waals surface area contributed by atoms with Gasteiger partial charge in [0.25, 0.3) is 19.2 Å². The Morgan fingerprint density at radius 1 is 0.596 bits per heavy atom. The second-order valence-electron chi connectivity index (χ2n) is 10.7. The van der Waals surface area contributed by atoms with Crippen LogP contribution in [0.1, 0.15) is 34.8 Å². The number of ether oxygens (including phenoxy) is 4. The van der Waals surface area contributed by atoms with E-state index in [0.29, 0.717) is 13.2 Å². The summed E-state index contributed by atoms with van der Waals surface area (Å²) in [7, 11) is -2.28. The van der Waals surface area contributed by atoms with E-state index in [-0.39, 0.29) is 29.3 Å². The van der Waals surface area contributed by atoms with Crippen molar-refractivity contribution in [2.45, 2.75) is 48.4 Å². The zero-order chi connectivity index (χ0) is 33.9. The Balaban J connectivity index is 0.000000176. The number of aliphatic hydroxyl groups is 1. The lowest BCUT2D eigenvalue weighted by molar-refractivity contribution is -0.220. The summed E-state index contributed by atoms with van der Waals surface area (Å²) < 4.78 is 72.8. The van der Waals surface area contributed by atoms with Gasteiger partial charge in [-0.1, -0.05) is 96.1 Å². The molecule has 2 fully saturated rings. The van der Waals surface area contributed by atoms with Gasteiger partial charge in [0, 0.05) is 21.8 Å². The SMILES string of the molecule is Cc1ccc(S(=O)(=O)Cl)cc1.Cc1ccc(S(=O)(=O)OC2COC(c3ccccc3)OC2)cc1.OC1COC(c2ccccc2)OC1. The van der Waals surface area contributed by atoms with Gasteiger partial charge >= 0.3 is 0 Å². The molecule has 0 unspecified atom stereocenters. The van der Waals surface area contributed by atoms with Gasteiger partial charge in [0.1, 0.15) is 12.2 Å². The van der Waals surface area contributed by atoms with E-state index in [0.717, 1.165) is 22.3 Å². The van der Waals surface area contributed by atoms with Crippen LogP contribution in [-0.4, -0.2) is 60.6 Å². The molecule has 0 amide bonds. The molecule has 0 atom stereocenters. The van der Waals surface area contributed by atoms with E-state index in [4.69, 9.17) is 38.9 Å². The molecule has 6 rings (SSSR count). The number of aliphatic hydroxyl groups excluding tert-OH is 1. The van der Waals surface area contributed by atoms with Crippen molar-refractivity contribution >= 4 is 29.9 Å². The highest BCUT2D eigenvalue weighted by Crippen LogP contribution is 2.26. The summed E-state index contributed by atoms with van der Waals surface area (Å²) in [5.41, 5.74) is 3.88. The number of hydrogen-bond donors (Lipinski definition) is 1. The Kier molecular flexibility index (Phi) is 13.5. The Morgan fingerprint density at radius 2 is 0.979 bits per heavy atom. The van der Waals surface area contributed by atoms with Crippen molar-refractivity contribution in [1.82, 2.24) is 0 Å². The first kappa shape index (κ1) is 36.7. The third-order valence-corrected chi connectivity index (χ3v) is 9.51. The van der Waals surface area contributed by atoms with E-state index in [1.807, 2.05) is 74.5 Å². The van der Waals surface area contributed by atoms with Gasteiger partial charge in [0.2, 0.25) is 0 Å². The molecule has 4 aromatic carbocycles. The molecule has 2 aliphatic rings. The Bertz CT molecular complexity index is 1720. The smallest absolute Gasteiger partial charge is 0.297 e. The topological polar surface area (TPSA) is 135 Å². The number of rotatable bonds is 6. The van der Waals surface area contributed by atoms with E-state index in [2.05, 4.69) is 0 Å². The lowest BCUT2D eigenvalue weighted by Gasteiger charge is -2.29. The first-order valence-corrected chi connectivity index (χ1v) is 18.4. The van der Waals surface area contributed by atoms with Gasteiger partial charge in [-0.2, -0.15) is 8.42 Å². The van der Waals surface area contributed by atoms with Crippen LogP contribution in [0.2, 0.25) is 0 Å². The molecule has 4 aromatic rings. The van der Waals surface area contributed by atoms with Crippen LogP contribution in [-0.2, 0) is 42.3 Å². The van der Waals surface area contributed by atoms with Crippen LogP contribution in [0, 0.1) is 13.8 Å². The molecule has 0 aliphatic carbocycles. The predicted octanol–water partition coefficient (Wildman–Crippen LogP) is 5.83. The number of halogens is 1. The number of hydrogen-bond acceptors (Lipinski definition) is 10. The summed E-state index contributed by atoms with van der Waals surface area (Å²) in [4.78, 5) is 0.276. The zero-order valence-corrected chi connectivity index (χ0v) is 28.2. The normalized spacial score (nSPS) is 21.4. The highest BCUT2D eigenvalue weighted by Gasteiger charge is 2.29. The summed E-state index contributed by atoms with van der Waals surface area (Å²) in [5.74, 6) is 0. The second-order valence-corrected chi connectivity index (χ2v) is 14.8. The fraction of sp³-hybridized carbons (Fsp3) is 0.294. The van der Waals surface area contributed by atoms with Gasteiger partial charge in [-0.25, -0.2) is 8.42 Å². The fourth-order valence-corrected chi connectivity index (χ4v) is 6.10. The lowest BCUT2D eigenvalue weighted by atomic mass is 10.2. The molecular formula is C34H37ClO10S2. The Hall–Kier alpha value is -3.17. The Morgan fingerprint density at radius 3 is 1.38 bits per heavy atom. The van der Waals surface area contributed by atoms with Crippen molar-refractivity contribution in [3.63, 3.8) is 0 Å². The molecule has 13 heteroatoms. The first-order valence-electron chi connectivity index (χ1n) is 14.7. The van der Waals surface area contributed by atoms with Crippen LogP contribution in [0.4, 0.5) is 0 Å². The second kappa shape index (κ2) is 17.3. The van der Waals surface area contributed by atoms with E-state index in [9.17, 15) is 16.8 Å². The van der Waals surface area contributed by atoms with Gasteiger partial charge < -0.3 is 24.1 Å². The first-order chi connectivity index (χ1) is 22.4. The molecule has 0 aromatic heterocycles. The van der Waals surface area contributed by atoms with E-state index in [1.165, 1.54) is 24.3 Å². The van der Waals surface area contributed by atoms with Gasteiger partial charge in [-0.3, -0.25) is 4.18 Å². The van der Waals surface area contributed by atoms with Crippen LogP contribution in [0.15, 0.2) is 119 Å².